The summed E-state index contributed by atoms with van der Waals surface area (Å²) in [6.07, 6.45) is 0. The Morgan fingerprint density at radius 3 is 1.46 bits per heavy atom. The molecular weight excluding hydrogens is 316 g/mol. The van der Waals surface area contributed by atoms with Crippen molar-refractivity contribution in [1.82, 2.24) is 10.6 Å². The van der Waals surface area contributed by atoms with Gasteiger partial charge in [-0.2, -0.15) is 0 Å². The van der Waals surface area contributed by atoms with E-state index in [9.17, 15) is 30.0 Å². The van der Waals surface area contributed by atoms with Gasteiger partial charge in [0.15, 0.2) is 0 Å². The van der Waals surface area contributed by atoms with Crippen molar-refractivity contribution < 1.29 is 30.0 Å². The highest BCUT2D eigenvalue weighted by molar-refractivity contribution is 5.98. The van der Waals surface area contributed by atoms with Crippen molar-refractivity contribution in [2.45, 2.75) is 0 Å². The molecule has 0 spiro atoms. The van der Waals surface area contributed by atoms with Gasteiger partial charge in [0, 0.05) is 13.1 Å². The maximum atomic E-state index is 11.9. The molecule has 2 aromatic carbocycles. The molecule has 0 aliphatic carbocycles. The average molecular weight is 332 g/mol. The molecule has 2 rings (SSSR count). The minimum absolute atomic E-state index is 0.0548. The zero-order valence-electron chi connectivity index (χ0n) is 12.5. The van der Waals surface area contributed by atoms with Crippen molar-refractivity contribution in [3.63, 3.8) is 0 Å². The molecule has 24 heavy (non-hydrogen) atoms. The van der Waals surface area contributed by atoms with E-state index in [0.717, 1.165) is 12.1 Å². The lowest BCUT2D eigenvalue weighted by molar-refractivity contribution is 0.0924. The first-order valence-electron chi connectivity index (χ1n) is 6.99. The van der Waals surface area contributed by atoms with Crippen LogP contribution in [-0.2, 0) is 0 Å². The van der Waals surface area contributed by atoms with Gasteiger partial charge < -0.3 is 31.1 Å². The van der Waals surface area contributed by atoms with E-state index in [1.807, 2.05) is 0 Å². The SMILES string of the molecule is O=C(NCCNC(=O)c1cc(O)ccc1O)c1cc(O)ccc1O. The lowest BCUT2D eigenvalue weighted by atomic mass is 10.1. The predicted molar refractivity (Wildman–Crippen MR) is 84.2 cm³/mol. The number of benzene rings is 2. The molecule has 0 radical (unpaired) electrons. The topological polar surface area (TPSA) is 139 Å². The number of hydrogen-bond acceptors (Lipinski definition) is 6. The summed E-state index contributed by atoms with van der Waals surface area (Å²) in [6, 6.07) is 7.11. The fourth-order valence-electron chi connectivity index (χ4n) is 1.95. The second-order valence-electron chi connectivity index (χ2n) is 4.91. The number of nitrogens with one attached hydrogen (secondary N) is 2. The van der Waals surface area contributed by atoms with Gasteiger partial charge in [-0.15, -0.1) is 0 Å². The Hall–Kier alpha value is -3.42. The molecule has 0 aromatic heterocycles. The number of amides is 2. The van der Waals surface area contributed by atoms with Gasteiger partial charge >= 0.3 is 0 Å². The molecule has 0 saturated carbocycles. The van der Waals surface area contributed by atoms with E-state index in [1.54, 1.807) is 0 Å². The van der Waals surface area contributed by atoms with Crippen LogP contribution in [0.1, 0.15) is 20.7 Å². The second-order valence-corrected chi connectivity index (χ2v) is 4.91. The minimum Gasteiger partial charge on any atom is -0.508 e. The first-order chi connectivity index (χ1) is 11.4. The van der Waals surface area contributed by atoms with Crippen LogP contribution in [0.25, 0.3) is 0 Å². The summed E-state index contributed by atoms with van der Waals surface area (Å²) >= 11 is 0. The highest BCUT2D eigenvalue weighted by Gasteiger charge is 2.13. The molecule has 126 valence electrons. The van der Waals surface area contributed by atoms with Crippen molar-refractivity contribution in [3.8, 4) is 23.0 Å². The van der Waals surface area contributed by atoms with Crippen LogP contribution in [0.4, 0.5) is 0 Å². The maximum absolute atomic E-state index is 11.9. The standard InChI is InChI=1S/C16H16N2O6/c19-9-1-3-13(21)11(7-9)15(23)17-5-6-18-16(24)12-8-10(20)2-4-14(12)22/h1-4,7-8,19-22H,5-6H2,(H,17,23)(H,18,24). The molecule has 2 aromatic rings. The summed E-state index contributed by atoms with van der Waals surface area (Å²) in [5.41, 5.74) is -0.182. The van der Waals surface area contributed by atoms with Crippen LogP contribution in [0.15, 0.2) is 36.4 Å². The van der Waals surface area contributed by atoms with Gasteiger partial charge in [0.25, 0.3) is 11.8 Å². The maximum Gasteiger partial charge on any atom is 0.255 e. The summed E-state index contributed by atoms with van der Waals surface area (Å²) in [4.78, 5) is 23.7. The van der Waals surface area contributed by atoms with Crippen LogP contribution < -0.4 is 10.6 Å². The van der Waals surface area contributed by atoms with Crippen LogP contribution >= 0.6 is 0 Å². The smallest absolute Gasteiger partial charge is 0.255 e. The Morgan fingerprint density at radius 2 is 1.08 bits per heavy atom. The normalized spacial score (nSPS) is 10.2. The number of carbonyl (C=O) groups is 2. The molecule has 0 bridgehead atoms. The molecule has 0 unspecified atom stereocenters. The van der Waals surface area contributed by atoms with Gasteiger partial charge in [-0.25, -0.2) is 0 Å². The van der Waals surface area contributed by atoms with Gasteiger partial charge in [-0.3, -0.25) is 9.59 Å². The number of phenols is 4. The minimum atomic E-state index is -0.613. The van der Waals surface area contributed by atoms with Crippen molar-refractivity contribution in [1.29, 1.82) is 0 Å². The first-order valence-corrected chi connectivity index (χ1v) is 6.99. The molecule has 8 heteroatoms. The quantitative estimate of drug-likeness (QED) is 0.351. The summed E-state index contributed by atoms with van der Waals surface area (Å²) in [5.74, 6) is -2.11. The van der Waals surface area contributed by atoms with E-state index in [4.69, 9.17) is 0 Å². The summed E-state index contributed by atoms with van der Waals surface area (Å²) in [6.45, 7) is 0.110. The Bertz CT molecular complexity index is 710. The van der Waals surface area contributed by atoms with E-state index in [2.05, 4.69) is 10.6 Å². The fraction of sp³-hybridized carbons (Fsp3) is 0.125. The lowest BCUT2D eigenvalue weighted by Crippen LogP contribution is -2.34. The zero-order chi connectivity index (χ0) is 17.7. The van der Waals surface area contributed by atoms with E-state index < -0.39 is 11.8 Å². The van der Waals surface area contributed by atoms with Crippen LogP contribution in [-0.4, -0.2) is 45.3 Å². The number of rotatable bonds is 5. The Balaban J connectivity index is 1.86. The number of aromatic hydroxyl groups is 4. The zero-order valence-corrected chi connectivity index (χ0v) is 12.5. The largest absolute Gasteiger partial charge is 0.508 e. The van der Waals surface area contributed by atoms with Crippen molar-refractivity contribution in [2.24, 2.45) is 0 Å². The molecule has 0 heterocycles. The highest BCUT2D eigenvalue weighted by atomic mass is 16.3. The van der Waals surface area contributed by atoms with Gasteiger partial charge in [0.1, 0.15) is 23.0 Å². The summed E-state index contributed by atoms with van der Waals surface area (Å²) < 4.78 is 0. The fourth-order valence-corrected chi connectivity index (χ4v) is 1.95. The number of carbonyl (C=O) groups excluding carboxylic acids is 2. The van der Waals surface area contributed by atoms with E-state index in [1.165, 1.54) is 24.3 Å². The monoisotopic (exact) mass is 332 g/mol. The molecule has 2 amide bonds. The van der Waals surface area contributed by atoms with Crippen LogP contribution in [0.5, 0.6) is 23.0 Å². The van der Waals surface area contributed by atoms with Crippen molar-refractivity contribution in [3.05, 3.63) is 47.5 Å². The highest BCUT2D eigenvalue weighted by Crippen LogP contribution is 2.22. The molecule has 6 N–H and O–H groups in total. The Kier molecular flexibility index (Phi) is 5.10. The van der Waals surface area contributed by atoms with Gasteiger partial charge in [-0.05, 0) is 36.4 Å². The van der Waals surface area contributed by atoms with Crippen molar-refractivity contribution in [2.75, 3.05) is 13.1 Å². The van der Waals surface area contributed by atoms with E-state index in [-0.39, 0.29) is 47.2 Å². The van der Waals surface area contributed by atoms with Crippen LogP contribution in [0, 0.1) is 0 Å². The molecular formula is C16H16N2O6. The molecule has 0 atom stereocenters. The Labute approximate surface area is 137 Å². The van der Waals surface area contributed by atoms with E-state index >= 15 is 0 Å². The molecule has 0 saturated heterocycles. The third-order valence-electron chi connectivity index (χ3n) is 3.15. The third-order valence-corrected chi connectivity index (χ3v) is 3.15. The molecule has 0 fully saturated rings. The molecule has 0 aliphatic heterocycles. The molecule has 0 aliphatic rings. The number of phenolic OH excluding ortho intramolecular Hbond substituents is 4. The first kappa shape index (κ1) is 16.9. The predicted octanol–water partition coefficient (Wildman–Crippen LogP) is 0.669. The van der Waals surface area contributed by atoms with Gasteiger partial charge in [0.2, 0.25) is 0 Å². The summed E-state index contributed by atoms with van der Waals surface area (Å²) in [5, 5.41) is 42.7. The Morgan fingerprint density at radius 1 is 0.708 bits per heavy atom. The van der Waals surface area contributed by atoms with Gasteiger partial charge in [-0.1, -0.05) is 0 Å². The number of hydrogen-bond donors (Lipinski definition) is 6. The average Bonchev–Trinajstić information content (AvgIpc) is 2.55. The summed E-state index contributed by atoms with van der Waals surface area (Å²) in [7, 11) is 0. The second kappa shape index (κ2) is 7.23. The van der Waals surface area contributed by atoms with Crippen LogP contribution in [0.3, 0.4) is 0 Å². The van der Waals surface area contributed by atoms with Crippen molar-refractivity contribution >= 4 is 11.8 Å². The lowest BCUT2D eigenvalue weighted by Gasteiger charge is -2.09. The van der Waals surface area contributed by atoms with E-state index in [0.29, 0.717) is 0 Å². The third kappa shape index (κ3) is 4.07. The molecule has 8 nitrogen and oxygen atoms in total. The van der Waals surface area contributed by atoms with Crippen LogP contribution in [0.2, 0.25) is 0 Å². The van der Waals surface area contributed by atoms with Gasteiger partial charge in [0.05, 0.1) is 11.1 Å².